The normalized spacial score (nSPS) is 23.1. The molecule has 1 aliphatic carbocycles. The Morgan fingerprint density at radius 1 is 1.33 bits per heavy atom. The summed E-state index contributed by atoms with van der Waals surface area (Å²) in [5.41, 5.74) is 0. The van der Waals surface area contributed by atoms with Gasteiger partial charge in [0.1, 0.15) is 12.2 Å². The van der Waals surface area contributed by atoms with Crippen molar-refractivity contribution in [3.63, 3.8) is 0 Å². The van der Waals surface area contributed by atoms with Gasteiger partial charge < -0.3 is 5.32 Å². The number of nitrogens with one attached hydrogen (secondary N) is 1. The minimum atomic E-state index is 0.611. The lowest BCUT2D eigenvalue weighted by atomic mass is 10.0. The molecule has 1 aromatic rings. The zero-order chi connectivity index (χ0) is 14.7. The Kier molecular flexibility index (Phi) is 4.91. The van der Waals surface area contributed by atoms with Crippen LogP contribution in [0.4, 0.5) is 0 Å². The quantitative estimate of drug-likeness (QED) is 0.835. The van der Waals surface area contributed by atoms with Crippen molar-refractivity contribution < 1.29 is 0 Å². The Morgan fingerprint density at radius 3 is 2.86 bits per heavy atom. The molecule has 0 radical (unpaired) electrons. The average molecular weight is 291 g/mol. The predicted molar refractivity (Wildman–Crippen MR) is 83.9 cm³/mol. The van der Waals surface area contributed by atoms with Gasteiger partial charge in [-0.2, -0.15) is 5.10 Å². The van der Waals surface area contributed by atoms with Crippen molar-refractivity contribution in [2.75, 3.05) is 13.1 Å². The summed E-state index contributed by atoms with van der Waals surface area (Å²) in [6.45, 7) is 8.74. The second kappa shape index (κ2) is 6.88. The van der Waals surface area contributed by atoms with E-state index in [0.717, 1.165) is 25.0 Å². The van der Waals surface area contributed by atoms with Crippen LogP contribution in [0.1, 0.15) is 51.8 Å². The molecule has 21 heavy (non-hydrogen) atoms. The molecule has 118 valence electrons. The maximum atomic E-state index is 4.50. The molecule has 1 aromatic heterocycles. The van der Waals surface area contributed by atoms with Crippen molar-refractivity contribution in [1.29, 1.82) is 0 Å². The lowest BCUT2D eigenvalue weighted by Gasteiger charge is -2.30. The zero-order valence-corrected chi connectivity index (χ0v) is 13.5. The fourth-order valence-electron chi connectivity index (χ4n) is 3.24. The molecule has 5 nitrogen and oxygen atoms in total. The van der Waals surface area contributed by atoms with E-state index in [0.29, 0.717) is 12.0 Å². The Labute approximate surface area is 128 Å². The summed E-state index contributed by atoms with van der Waals surface area (Å²) in [6, 6.07) is 1.44. The summed E-state index contributed by atoms with van der Waals surface area (Å²) in [6.07, 6.45) is 8.45. The summed E-state index contributed by atoms with van der Waals surface area (Å²) >= 11 is 0. The fourth-order valence-corrected chi connectivity index (χ4v) is 3.24. The first-order valence-corrected chi connectivity index (χ1v) is 8.56. The molecule has 3 rings (SSSR count). The second-order valence-electron chi connectivity index (χ2n) is 7.06. The number of rotatable bonds is 7. The standard InChI is InChI=1S/C16H29N5/c1-13(2)9-21-16(18-12-19-21)11-20(15-6-7-15)10-14-5-3-4-8-17-14/h12-15,17H,3-11H2,1-2H3. The van der Waals surface area contributed by atoms with Crippen LogP contribution in [0.5, 0.6) is 0 Å². The number of nitrogens with zero attached hydrogens (tertiary/aromatic N) is 4. The molecule has 1 saturated heterocycles. The number of hydrogen-bond acceptors (Lipinski definition) is 4. The monoisotopic (exact) mass is 291 g/mol. The largest absolute Gasteiger partial charge is 0.313 e. The van der Waals surface area contributed by atoms with Gasteiger partial charge in [-0.1, -0.05) is 20.3 Å². The van der Waals surface area contributed by atoms with E-state index in [-0.39, 0.29) is 0 Å². The molecule has 1 saturated carbocycles. The summed E-state index contributed by atoms with van der Waals surface area (Å²) in [4.78, 5) is 7.13. The summed E-state index contributed by atoms with van der Waals surface area (Å²) in [5.74, 6) is 1.74. The fraction of sp³-hybridized carbons (Fsp3) is 0.875. The molecule has 1 aliphatic heterocycles. The first-order chi connectivity index (χ1) is 10.2. The molecule has 2 heterocycles. The van der Waals surface area contributed by atoms with E-state index in [1.807, 2.05) is 0 Å². The van der Waals surface area contributed by atoms with Gasteiger partial charge in [0.25, 0.3) is 0 Å². The first kappa shape index (κ1) is 15.0. The van der Waals surface area contributed by atoms with E-state index in [9.17, 15) is 0 Å². The topological polar surface area (TPSA) is 46.0 Å². The molecule has 0 aromatic carbocycles. The van der Waals surface area contributed by atoms with Crippen LogP contribution in [0.2, 0.25) is 0 Å². The third-order valence-corrected chi connectivity index (χ3v) is 4.51. The van der Waals surface area contributed by atoms with Crippen LogP contribution >= 0.6 is 0 Å². The van der Waals surface area contributed by atoms with Crippen molar-refractivity contribution in [2.24, 2.45) is 5.92 Å². The Bertz CT molecular complexity index is 432. The van der Waals surface area contributed by atoms with Gasteiger partial charge >= 0.3 is 0 Å². The molecule has 0 amide bonds. The maximum Gasteiger partial charge on any atom is 0.141 e. The highest BCUT2D eigenvalue weighted by atomic mass is 15.4. The highest BCUT2D eigenvalue weighted by Gasteiger charge is 2.31. The van der Waals surface area contributed by atoms with Gasteiger partial charge in [-0.15, -0.1) is 0 Å². The van der Waals surface area contributed by atoms with E-state index >= 15 is 0 Å². The Morgan fingerprint density at radius 2 is 2.19 bits per heavy atom. The molecule has 1 unspecified atom stereocenters. The summed E-state index contributed by atoms with van der Waals surface area (Å²) in [7, 11) is 0. The first-order valence-electron chi connectivity index (χ1n) is 8.56. The Hall–Kier alpha value is -0.940. The van der Waals surface area contributed by atoms with E-state index in [4.69, 9.17) is 0 Å². The SMILES string of the molecule is CC(C)Cn1ncnc1CN(CC1CCCCN1)C1CC1. The van der Waals surface area contributed by atoms with Gasteiger partial charge in [0.15, 0.2) is 0 Å². The van der Waals surface area contributed by atoms with Crippen LogP contribution in [0.25, 0.3) is 0 Å². The number of piperidine rings is 1. The van der Waals surface area contributed by atoms with E-state index in [1.165, 1.54) is 45.2 Å². The molecule has 5 heteroatoms. The van der Waals surface area contributed by atoms with Gasteiger partial charge in [0.2, 0.25) is 0 Å². The van der Waals surface area contributed by atoms with E-state index in [1.54, 1.807) is 6.33 Å². The number of aromatic nitrogens is 3. The van der Waals surface area contributed by atoms with Crippen LogP contribution in [0.15, 0.2) is 6.33 Å². The van der Waals surface area contributed by atoms with Crippen molar-refractivity contribution in [3.05, 3.63) is 12.2 Å². The van der Waals surface area contributed by atoms with Crippen LogP contribution in [-0.4, -0.2) is 44.8 Å². The predicted octanol–water partition coefficient (Wildman–Crippen LogP) is 2.04. The minimum absolute atomic E-state index is 0.611. The second-order valence-corrected chi connectivity index (χ2v) is 7.06. The van der Waals surface area contributed by atoms with Crippen LogP contribution in [0, 0.1) is 5.92 Å². The summed E-state index contributed by atoms with van der Waals surface area (Å²) in [5, 5.41) is 8.07. The summed E-state index contributed by atoms with van der Waals surface area (Å²) < 4.78 is 2.09. The molecular formula is C16H29N5. The molecular weight excluding hydrogens is 262 g/mol. The van der Waals surface area contributed by atoms with Crippen molar-refractivity contribution in [1.82, 2.24) is 25.0 Å². The van der Waals surface area contributed by atoms with Crippen molar-refractivity contribution >= 4 is 0 Å². The molecule has 0 spiro atoms. The lowest BCUT2D eigenvalue weighted by molar-refractivity contribution is 0.200. The van der Waals surface area contributed by atoms with Crippen LogP contribution < -0.4 is 5.32 Å². The minimum Gasteiger partial charge on any atom is -0.313 e. The van der Waals surface area contributed by atoms with Crippen LogP contribution in [-0.2, 0) is 13.1 Å². The molecule has 2 aliphatic rings. The van der Waals surface area contributed by atoms with Gasteiger partial charge in [-0.05, 0) is 38.1 Å². The third kappa shape index (κ3) is 4.27. The van der Waals surface area contributed by atoms with Gasteiger partial charge in [-0.3, -0.25) is 4.90 Å². The van der Waals surface area contributed by atoms with Crippen LogP contribution in [0.3, 0.4) is 0 Å². The smallest absolute Gasteiger partial charge is 0.141 e. The van der Waals surface area contributed by atoms with Gasteiger partial charge in [0.05, 0.1) is 6.54 Å². The van der Waals surface area contributed by atoms with E-state index in [2.05, 4.69) is 38.8 Å². The molecule has 2 fully saturated rings. The maximum absolute atomic E-state index is 4.50. The van der Waals surface area contributed by atoms with Crippen molar-refractivity contribution in [3.8, 4) is 0 Å². The van der Waals surface area contributed by atoms with E-state index < -0.39 is 0 Å². The third-order valence-electron chi connectivity index (χ3n) is 4.51. The highest BCUT2D eigenvalue weighted by molar-refractivity contribution is 4.93. The van der Waals surface area contributed by atoms with Gasteiger partial charge in [0, 0.05) is 25.2 Å². The average Bonchev–Trinajstić information content (AvgIpc) is 3.23. The van der Waals surface area contributed by atoms with Gasteiger partial charge in [-0.25, -0.2) is 9.67 Å². The van der Waals surface area contributed by atoms with Crippen molar-refractivity contribution in [2.45, 2.75) is 71.1 Å². The lowest BCUT2D eigenvalue weighted by Crippen LogP contribution is -2.44. The zero-order valence-electron chi connectivity index (χ0n) is 13.5. The number of hydrogen-bond donors (Lipinski definition) is 1. The molecule has 1 atom stereocenters. The molecule has 1 N–H and O–H groups in total. The Balaban J connectivity index is 1.61. The highest BCUT2D eigenvalue weighted by Crippen LogP contribution is 2.28. The molecule has 0 bridgehead atoms.